The van der Waals surface area contributed by atoms with E-state index >= 15 is 0 Å². The fourth-order valence-electron chi connectivity index (χ4n) is 1.87. The van der Waals surface area contributed by atoms with Gasteiger partial charge in [0.15, 0.2) is 0 Å². The SMILES string of the molecule is CCCCC(C)Nc1ccc(C)cc1OCC. The van der Waals surface area contributed by atoms with Crippen molar-refractivity contribution in [2.75, 3.05) is 11.9 Å². The molecule has 96 valence electrons. The summed E-state index contributed by atoms with van der Waals surface area (Å²) in [5.74, 6) is 0.968. The lowest BCUT2D eigenvalue weighted by Gasteiger charge is -2.18. The first-order valence-corrected chi connectivity index (χ1v) is 6.67. The Bertz CT molecular complexity index is 336. The number of unbranched alkanes of at least 4 members (excludes halogenated alkanes) is 1. The lowest BCUT2D eigenvalue weighted by molar-refractivity contribution is 0.341. The van der Waals surface area contributed by atoms with Crippen LogP contribution in [-0.2, 0) is 0 Å². The van der Waals surface area contributed by atoms with Gasteiger partial charge in [-0.2, -0.15) is 0 Å². The number of hydrogen-bond acceptors (Lipinski definition) is 2. The van der Waals surface area contributed by atoms with Crippen molar-refractivity contribution in [2.24, 2.45) is 0 Å². The van der Waals surface area contributed by atoms with E-state index in [1.807, 2.05) is 6.92 Å². The van der Waals surface area contributed by atoms with E-state index in [1.54, 1.807) is 0 Å². The molecule has 1 N–H and O–H groups in total. The van der Waals surface area contributed by atoms with Crippen LogP contribution in [0.5, 0.6) is 5.75 Å². The predicted octanol–water partition coefficient (Wildman–Crippen LogP) is 4.38. The Balaban J connectivity index is 2.68. The molecule has 0 aliphatic heterocycles. The maximum Gasteiger partial charge on any atom is 0.142 e. The van der Waals surface area contributed by atoms with E-state index < -0.39 is 0 Å². The highest BCUT2D eigenvalue weighted by molar-refractivity contribution is 5.58. The van der Waals surface area contributed by atoms with E-state index in [-0.39, 0.29) is 0 Å². The first-order chi connectivity index (χ1) is 8.17. The molecule has 1 unspecified atom stereocenters. The van der Waals surface area contributed by atoms with Gasteiger partial charge in [0.1, 0.15) is 5.75 Å². The zero-order valence-corrected chi connectivity index (χ0v) is 11.5. The quantitative estimate of drug-likeness (QED) is 0.757. The highest BCUT2D eigenvalue weighted by atomic mass is 16.5. The van der Waals surface area contributed by atoms with E-state index in [0.29, 0.717) is 12.6 Å². The van der Waals surface area contributed by atoms with Gasteiger partial charge in [-0.05, 0) is 44.9 Å². The van der Waals surface area contributed by atoms with Crippen LogP contribution >= 0.6 is 0 Å². The number of anilines is 1. The zero-order valence-electron chi connectivity index (χ0n) is 11.5. The van der Waals surface area contributed by atoms with Gasteiger partial charge < -0.3 is 10.1 Å². The van der Waals surface area contributed by atoms with Crippen molar-refractivity contribution in [3.63, 3.8) is 0 Å². The molecule has 2 heteroatoms. The maximum absolute atomic E-state index is 5.66. The van der Waals surface area contributed by atoms with E-state index in [2.05, 4.69) is 44.3 Å². The summed E-state index contributed by atoms with van der Waals surface area (Å²) in [6.07, 6.45) is 3.72. The summed E-state index contributed by atoms with van der Waals surface area (Å²) in [6.45, 7) is 9.27. The average Bonchev–Trinajstić information content (AvgIpc) is 2.30. The van der Waals surface area contributed by atoms with E-state index in [1.165, 1.54) is 24.8 Å². The van der Waals surface area contributed by atoms with Crippen LogP contribution in [-0.4, -0.2) is 12.6 Å². The number of rotatable bonds is 7. The first-order valence-electron chi connectivity index (χ1n) is 6.67. The molecular weight excluding hydrogens is 210 g/mol. The Kier molecular flexibility index (Phi) is 5.88. The Morgan fingerprint density at radius 2 is 2.06 bits per heavy atom. The molecule has 2 nitrogen and oxygen atoms in total. The Morgan fingerprint density at radius 1 is 1.29 bits per heavy atom. The Morgan fingerprint density at radius 3 is 2.71 bits per heavy atom. The fraction of sp³-hybridized carbons (Fsp3) is 0.600. The van der Waals surface area contributed by atoms with Crippen molar-refractivity contribution in [3.05, 3.63) is 23.8 Å². The molecule has 17 heavy (non-hydrogen) atoms. The summed E-state index contributed by atoms with van der Waals surface area (Å²) in [5, 5.41) is 3.53. The summed E-state index contributed by atoms with van der Waals surface area (Å²) in [7, 11) is 0. The summed E-state index contributed by atoms with van der Waals surface area (Å²) in [6, 6.07) is 6.83. The predicted molar refractivity (Wildman–Crippen MR) is 75.0 cm³/mol. The molecule has 0 bridgehead atoms. The van der Waals surface area contributed by atoms with Crippen molar-refractivity contribution < 1.29 is 4.74 Å². The minimum absolute atomic E-state index is 0.497. The maximum atomic E-state index is 5.66. The highest BCUT2D eigenvalue weighted by Gasteiger charge is 2.07. The van der Waals surface area contributed by atoms with Gasteiger partial charge in [0, 0.05) is 6.04 Å². The third kappa shape index (κ3) is 4.68. The molecule has 1 atom stereocenters. The third-order valence-electron chi connectivity index (χ3n) is 2.83. The monoisotopic (exact) mass is 235 g/mol. The summed E-state index contributed by atoms with van der Waals surface area (Å²) < 4.78 is 5.66. The Hall–Kier alpha value is -1.18. The van der Waals surface area contributed by atoms with Crippen molar-refractivity contribution in [2.45, 2.75) is 53.0 Å². The van der Waals surface area contributed by atoms with Crippen LogP contribution in [0.4, 0.5) is 5.69 Å². The standard InChI is InChI=1S/C15H25NO/c1-5-7-8-13(4)16-14-10-9-12(3)11-15(14)17-6-2/h9-11,13,16H,5-8H2,1-4H3. The van der Waals surface area contributed by atoms with Gasteiger partial charge in [-0.25, -0.2) is 0 Å². The van der Waals surface area contributed by atoms with Gasteiger partial charge in [-0.1, -0.05) is 25.8 Å². The molecule has 0 saturated carbocycles. The van der Waals surface area contributed by atoms with Crippen molar-refractivity contribution in [1.29, 1.82) is 0 Å². The minimum Gasteiger partial charge on any atom is -0.492 e. The van der Waals surface area contributed by atoms with E-state index in [4.69, 9.17) is 4.74 Å². The van der Waals surface area contributed by atoms with E-state index in [0.717, 1.165) is 11.4 Å². The summed E-state index contributed by atoms with van der Waals surface area (Å²) in [4.78, 5) is 0. The number of ether oxygens (including phenoxy) is 1. The van der Waals surface area contributed by atoms with Gasteiger partial charge in [-0.15, -0.1) is 0 Å². The van der Waals surface area contributed by atoms with Crippen molar-refractivity contribution in [1.82, 2.24) is 0 Å². The normalized spacial score (nSPS) is 12.2. The van der Waals surface area contributed by atoms with Crippen LogP contribution in [0.3, 0.4) is 0 Å². The second kappa shape index (κ2) is 7.21. The van der Waals surface area contributed by atoms with Gasteiger partial charge in [0.05, 0.1) is 12.3 Å². The molecule has 0 spiro atoms. The molecule has 0 saturated heterocycles. The van der Waals surface area contributed by atoms with Gasteiger partial charge in [0.2, 0.25) is 0 Å². The molecule has 1 aromatic carbocycles. The molecule has 0 fully saturated rings. The third-order valence-corrected chi connectivity index (χ3v) is 2.83. The number of aryl methyl sites for hydroxylation is 1. The van der Waals surface area contributed by atoms with Crippen molar-refractivity contribution >= 4 is 5.69 Å². The van der Waals surface area contributed by atoms with Crippen LogP contribution in [0.15, 0.2) is 18.2 Å². The highest BCUT2D eigenvalue weighted by Crippen LogP contribution is 2.26. The molecule has 0 amide bonds. The number of hydrogen-bond donors (Lipinski definition) is 1. The van der Waals surface area contributed by atoms with Crippen LogP contribution in [0, 0.1) is 6.92 Å². The molecular formula is C15H25NO. The molecule has 1 rings (SSSR count). The number of benzene rings is 1. The fourth-order valence-corrected chi connectivity index (χ4v) is 1.87. The summed E-state index contributed by atoms with van der Waals surface area (Å²) >= 11 is 0. The zero-order chi connectivity index (χ0) is 12.7. The lowest BCUT2D eigenvalue weighted by atomic mass is 10.1. The average molecular weight is 235 g/mol. The molecule has 0 radical (unpaired) electrons. The largest absolute Gasteiger partial charge is 0.492 e. The van der Waals surface area contributed by atoms with E-state index in [9.17, 15) is 0 Å². The Labute approximate surface area is 105 Å². The first kappa shape index (κ1) is 13.9. The molecule has 0 heterocycles. The second-order valence-corrected chi connectivity index (χ2v) is 4.62. The molecule has 0 aliphatic rings. The van der Waals surface area contributed by atoms with Gasteiger partial charge in [-0.3, -0.25) is 0 Å². The lowest BCUT2D eigenvalue weighted by Crippen LogP contribution is -2.15. The van der Waals surface area contributed by atoms with Crippen LogP contribution in [0.1, 0.15) is 45.6 Å². The van der Waals surface area contributed by atoms with Crippen molar-refractivity contribution in [3.8, 4) is 5.75 Å². The minimum atomic E-state index is 0.497. The smallest absolute Gasteiger partial charge is 0.142 e. The molecule has 0 aliphatic carbocycles. The van der Waals surface area contributed by atoms with Crippen LogP contribution < -0.4 is 10.1 Å². The van der Waals surface area contributed by atoms with Gasteiger partial charge >= 0.3 is 0 Å². The number of nitrogens with one attached hydrogen (secondary N) is 1. The topological polar surface area (TPSA) is 21.3 Å². The van der Waals surface area contributed by atoms with Gasteiger partial charge in [0.25, 0.3) is 0 Å². The summed E-state index contributed by atoms with van der Waals surface area (Å²) in [5.41, 5.74) is 2.35. The second-order valence-electron chi connectivity index (χ2n) is 4.62. The van der Waals surface area contributed by atoms with Crippen LogP contribution in [0.25, 0.3) is 0 Å². The molecule has 1 aromatic rings. The molecule has 0 aromatic heterocycles. The van der Waals surface area contributed by atoms with Crippen LogP contribution in [0.2, 0.25) is 0 Å².